The Hall–Kier alpha value is -2.75. The van der Waals surface area contributed by atoms with Crippen LogP contribution in [0.15, 0.2) is 30.5 Å². The normalized spacial score (nSPS) is 11.0. The van der Waals surface area contributed by atoms with Gasteiger partial charge in [-0.1, -0.05) is 0 Å². The Balaban J connectivity index is 2.40. The highest BCUT2D eigenvalue weighted by atomic mass is 19.4. The second kappa shape index (κ2) is 5.32. The maximum atomic E-state index is 12.9. The molecule has 3 N–H and O–H groups in total. The minimum absolute atomic E-state index is 0.157. The molecule has 1 heterocycles. The molecule has 0 aliphatic carbocycles. The molecule has 21 heavy (non-hydrogen) atoms. The minimum Gasteiger partial charge on any atom is -0.396 e. The molecule has 2 aromatic rings. The number of anilines is 3. The van der Waals surface area contributed by atoms with Crippen molar-refractivity contribution in [1.29, 1.82) is 5.26 Å². The summed E-state index contributed by atoms with van der Waals surface area (Å²) in [7, 11) is 0. The molecule has 108 valence electrons. The molecule has 0 amide bonds. The van der Waals surface area contributed by atoms with Gasteiger partial charge in [0, 0.05) is 11.9 Å². The van der Waals surface area contributed by atoms with Crippen LogP contribution in [-0.4, -0.2) is 4.98 Å². The number of nitrogens with zero attached hydrogens (tertiary/aromatic N) is 2. The molecule has 0 bridgehead atoms. The van der Waals surface area contributed by atoms with Gasteiger partial charge in [-0.25, -0.2) is 4.98 Å². The molecule has 4 nitrogen and oxygen atoms in total. The van der Waals surface area contributed by atoms with Gasteiger partial charge in [-0.2, -0.15) is 18.4 Å². The van der Waals surface area contributed by atoms with E-state index < -0.39 is 17.3 Å². The Kier molecular flexibility index (Phi) is 3.72. The number of benzene rings is 1. The highest BCUT2D eigenvalue weighted by Crippen LogP contribution is 2.34. The maximum absolute atomic E-state index is 12.9. The van der Waals surface area contributed by atoms with Gasteiger partial charge < -0.3 is 11.1 Å². The van der Waals surface area contributed by atoms with Gasteiger partial charge in [0.2, 0.25) is 0 Å². The Labute approximate surface area is 119 Å². The van der Waals surface area contributed by atoms with Crippen LogP contribution < -0.4 is 11.1 Å². The number of pyridine rings is 1. The third kappa shape index (κ3) is 3.23. The number of nitrogens with two attached hydrogens (primary N) is 1. The average molecular weight is 292 g/mol. The van der Waals surface area contributed by atoms with E-state index >= 15 is 0 Å². The molecular weight excluding hydrogens is 281 g/mol. The molecular formula is C14H11F3N4. The summed E-state index contributed by atoms with van der Waals surface area (Å²) in [5, 5.41) is 11.5. The number of nitrogen functional groups attached to an aromatic ring is 1. The highest BCUT2D eigenvalue weighted by Gasteiger charge is 2.33. The van der Waals surface area contributed by atoms with Crippen molar-refractivity contribution in [3.63, 3.8) is 0 Å². The lowest BCUT2D eigenvalue weighted by Gasteiger charge is -2.13. The first-order chi connectivity index (χ1) is 9.81. The molecule has 7 heteroatoms. The van der Waals surface area contributed by atoms with Crippen LogP contribution in [-0.2, 0) is 6.18 Å². The summed E-state index contributed by atoms with van der Waals surface area (Å²) in [6.07, 6.45) is -3.05. The summed E-state index contributed by atoms with van der Waals surface area (Å²) < 4.78 is 38.6. The average Bonchev–Trinajstić information content (AvgIpc) is 2.41. The molecule has 0 fully saturated rings. The molecule has 1 aromatic carbocycles. The van der Waals surface area contributed by atoms with Crippen LogP contribution >= 0.6 is 0 Å². The van der Waals surface area contributed by atoms with E-state index in [0.717, 1.165) is 17.7 Å². The zero-order valence-corrected chi connectivity index (χ0v) is 11.0. The first-order valence-electron chi connectivity index (χ1n) is 5.92. The highest BCUT2D eigenvalue weighted by molar-refractivity contribution is 5.70. The topological polar surface area (TPSA) is 74.7 Å². The number of hydrogen-bond donors (Lipinski definition) is 2. The summed E-state index contributed by atoms with van der Waals surface area (Å²) in [6, 6.07) is 6.52. The summed E-state index contributed by atoms with van der Waals surface area (Å²) in [5.74, 6) is 0.262. The lowest BCUT2D eigenvalue weighted by atomic mass is 10.1. The number of nitrogens with one attached hydrogen (secondary N) is 1. The molecule has 0 spiro atoms. The number of halogens is 3. The van der Waals surface area contributed by atoms with E-state index in [0.29, 0.717) is 5.69 Å². The summed E-state index contributed by atoms with van der Waals surface area (Å²) >= 11 is 0. The minimum atomic E-state index is -4.60. The Morgan fingerprint density at radius 1 is 1.29 bits per heavy atom. The number of rotatable bonds is 2. The lowest BCUT2D eigenvalue weighted by Crippen LogP contribution is -2.09. The van der Waals surface area contributed by atoms with Gasteiger partial charge in [-0.3, -0.25) is 0 Å². The Morgan fingerprint density at radius 3 is 2.57 bits per heavy atom. The van der Waals surface area contributed by atoms with Crippen molar-refractivity contribution in [2.75, 3.05) is 11.1 Å². The van der Waals surface area contributed by atoms with E-state index in [1.54, 1.807) is 19.2 Å². The number of nitriles is 1. The van der Waals surface area contributed by atoms with Crippen molar-refractivity contribution >= 4 is 17.2 Å². The van der Waals surface area contributed by atoms with Gasteiger partial charge in [0.1, 0.15) is 0 Å². The molecule has 0 radical (unpaired) electrons. The maximum Gasteiger partial charge on any atom is 0.417 e. The number of aromatic nitrogens is 1. The summed E-state index contributed by atoms with van der Waals surface area (Å²) in [6.45, 7) is 1.80. The SMILES string of the molecule is Cc1cnc(Nc2ccc(C#N)c(C(F)(F)F)c2)c(N)c1. The van der Waals surface area contributed by atoms with E-state index in [-0.39, 0.29) is 11.5 Å². The zero-order valence-electron chi connectivity index (χ0n) is 11.0. The van der Waals surface area contributed by atoms with Crippen LogP contribution in [0.2, 0.25) is 0 Å². The summed E-state index contributed by atoms with van der Waals surface area (Å²) in [4.78, 5) is 4.03. The van der Waals surface area contributed by atoms with Crippen molar-refractivity contribution in [2.45, 2.75) is 13.1 Å². The van der Waals surface area contributed by atoms with Crippen LogP contribution in [0.3, 0.4) is 0 Å². The van der Waals surface area contributed by atoms with Crippen LogP contribution in [0.25, 0.3) is 0 Å². The number of hydrogen-bond acceptors (Lipinski definition) is 4. The molecule has 0 saturated heterocycles. The zero-order chi connectivity index (χ0) is 15.6. The third-order valence-corrected chi connectivity index (χ3v) is 2.76. The van der Waals surface area contributed by atoms with Gasteiger partial charge in [-0.15, -0.1) is 0 Å². The van der Waals surface area contributed by atoms with Gasteiger partial charge in [0.05, 0.1) is 22.9 Å². The molecule has 0 aliphatic rings. The Bertz CT molecular complexity index is 717. The molecule has 0 saturated carbocycles. The van der Waals surface area contributed by atoms with Gasteiger partial charge in [0.25, 0.3) is 0 Å². The fourth-order valence-corrected chi connectivity index (χ4v) is 1.79. The van der Waals surface area contributed by atoms with E-state index in [9.17, 15) is 13.2 Å². The first kappa shape index (κ1) is 14.7. The van der Waals surface area contributed by atoms with Crippen molar-refractivity contribution in [1.82, 2.24) is 4.98 Å². The van der Waals surface area contributed by atoms with Crippen molar-refractivity contribution in [2.24, 2.45) is 0 Å². The van der Waals surface area contributed by atoms with Gasteiger partial charge in [0.15, 0.2) is 5.82 Å². The quantitative estimate of drug-likeness (QED) is 0.886. The Morgan fingerprint density at radius 2 is 2.00 bits per heavy atom. The van der Waals surface area contributed by atoms with E-state index in [4.69, 9.17) is 11.0 Å². The van der Waals surface area contributed by atoms with Crippen LogP contribution in [0.1, 0.15) is 16.7 Å². The monoisotopic (exact) mass is 292 g/mol. The third-order valence-electron chi connectivity index (χ3n) is 2.76. The van der Waals surface area contributed by atoms with Crippen LogP contribution in [0.5, 0.6) is 0 Å². The molecule has 2 rings (SSSR count). The van der Waals surface area contributed by atoms with Crippen LogP contribution in [0.4, 0.5) is 30.4 Å². The van der Waals surface area contributed by atoms with E-state index in [1.807, 2.05) is 0 Å². The van der Waals surface area contributed by atoms with Crippen LogP contribution in [0, 0.1) is 18.3 Å². The fraction of sp³-hybridized carbons (Fsp3) is 0.143. The molecule has 0 aliphatic heterocycles. The molecule has 1 aromatic heterocycles. The van der Waals surface area contributed by atoms with Gasteiger partial charge in [-0.05, 0) is 36.8 Å². The van der Waals surface area contributed by atoms with Crippen molar-refractivity contribution in [3.05, 3.63) is 47.2 Å². The second-order valence-corrected chi connectivity index (χ2v) is 4.45. The lowest BCUT2D eigenvalue weighted by molar-refractivity contribution is -0.137. The van der Waals surface area contributed by atoms with E-state index in [2.05, 4.69) is 10.3 Å². The standard InChI is InChI=1S/C14H11F3N4/c1-8-4-12(19)13(20-7-8)21-10-3-2-9(6-18)11(5-10)14(15,16)17/h2-5,7H,19H2,1H3,(H,20,21). The largest absolute Gasteiger partial charge is 0.417 e. The molecule has 0 atom stereocenters. The number of aryl methyl sites for hydroxylation is 1. The first-order valence-corrected chi connectivity index (χ1v) is 5.92. The molecule has 0 unspecified atom stereocenters. The summed E-state index contributed by atoms with van der Waals surface area (Å²) in [5.41, 5.74) is 5.64. The predicted molar refractivity (Wildman–Crippen MR) is 72.8 cm³/mol. The second-order valence-electron chi connectivity index (χ2n) is 4.45. The predicted octanol–water partition coefficient (Wildman–Crippen LogP) is 3.61. The van der Waals surface area contributed by atoms with E-state index in [1.165, 1.54) is 12.1 Å². The van der Waals surface area contributed by atoms with Crippen molar-refractivity contribution < 1.29 is 13.2 Å². The van der Waals surface area contributed by atoms with Gasteiger partial charge >= 0.3 is 6.18 Å². The smallest absolute Gasteiger partial charge is 0.396 e. The number of alkyl halides is 3. The van der Waals surface area contributed by atoms with Crippen molar-refractivity contribution in [3.8, 4) is 6.07 Å². The fourth-order valence-electron chi connectivity index (χ4n) is 1.79.